The first kappa shape index (κ1) is 13.5. The van der Waals surface area contributed by atoms with Gasteiger partial charge < -0.3 is 4.98 Å². The summed E-state index contributed by atoms with van der Waals surface area (Å²) in [6, 6.07) is 7.95. The van der Waals surface area contributed by atoms with Gasteiger partial charge in [0.1, 0.15) is 5.82 Å². The summed E-state index contributed by atoms with van der Waals surface area (Å²) >= 11 is 7.53. The van der Waals surface area contributed by atoms with Gasteiger partial charge in [0.05, 0.1) is 17.1 Å². The van der Waals surface area contributed by atoms with Crippen molar-refractivity contribution < 1.29 is 0 Å². The molecule has 3 rings (SSSR count). The molecule has 1 atom stereocenters. The van der Waals surface area contributed by atoms with Gasteiger partial charge in [-0.1, -0.05) is 11.6 Å². The number of benzene rings is 1. The van der Waals surface area contributed by atoms with Crippen molar-refractivity contribution >= 4 is 34.2 Å². The number of H-pyrrole nitrogens is 1. The number of rotatable bonds is 4. The molecule has 4 nitrogen and oxygen atoms in total. The second-order valence-corrected chi connectivity index (χ2v) is 6.21. The fourth-order valence-corrected chi connectivity index (χ4v) is 2.93. The van der Waals surface area contributed by atoms with Crippen molar-refractivity contribution in [1.29, 1.82) is 0 Å². The summed E-state index contributed by atoms with van der Waals surface area (Å²) in [7, 11) is 2.09. The third-order valence-corrected chi connectivity index (χ3v) is 4.38. The molecule has 6 heteroatoms. The van der Waals surface area contributed by atoms with Crippen molar-refractivity contribution in [2.75, 3.05) is 7.05 Å². The van der Waals surface area contributed by atoms with E-state index in [1.165, 1.54) is 16.4 Å². The summed E-state index contributed by atoms with van der Waals surface area (Å²) in [4.78, 5) is 11.5. The fraction of sp³-hybridized carbons (Fsp3) is 0.286. The summed E-state index contributed by atoms with van der Waals surface area (Å²) < 4.78 is 4.13. The van der Waals surface area contributed by atoms with Gasteiger partial charge >= 0.3 is 0 Å². The maximum Gasteiger partial charge on any atom is 0.124 e. The Kier molecular flexibility index (Phi) is 3.74. The van der Waals surface area contributed by atoms with Crippen molar-refractivity contribution in [2.45, 2.75) is 19.5 Å². The molecule has 0 saturated carbocycles. The van der Waals surface area contributed by atoms with Crippen LogP contribution in [0.3, 0.4) is 0 Å². The van der Waals surface area contributed by atoms with Crippen molar-refractivity contribution in [1.82, 2.24) is 19.2 Å². The topological polar surface area (TPSA) is 44.8 Å². The van der Waals surface area contributed by atoms with Crippen molar-refractivity contribution in [2.24, 2.45) is 0 Å². The van der Waals surface area contributed by atoms with Crippen LogP contribution in [0.4, 0.5) is 0 Å². The summed E-state index contributed by atoms with van der Waals surface area (Å²) in [6.45, 7) is 3.00. The van der Waals surface area contributed by atoms with Gasteiger partial charge in [0, 0.05) is 22.6 Å². The smallest absolute Gasteiger partial charge is 0.124 e. The third kappa shape index (κ3) is 2.70. The first-order valence-corrected chi connectivity index (χ1v) is 7.53. The second-order valence-electron chi connectivity index (χ2n) is 4.85. The highest BCUT2D eigenvalue weighted by atomic mass is 35.5. The normalized spacial score (nSPS) is 13.2. The number of fused-ring (bicyclic) bond motifs is 1. The molecule has 2 heterocycles. The molecule has 0 spiro atoms. The van der Waals surface area contributed by atoms with E-state index in [0.717, 1.165) is 28.4 Å². The summed E-state index contributed by atoms with van der Waals surface area (Å²) in [6.07, 6.45) is 1.84. The Balaban J connectivity index is 1.82. The van der Waals surface area contributed by atoms with Gasteiger partial charge in [-0.3, -0.25) is 4.90 Å². The largest absolute Gasteiger partial charge is 0.341 e. The molecule has 1 N–H and O–H groups in total. The molecule has 1 unspecified atom stereocenters. The monoisotopic (exact) mass is 306 g/mol. The van der Waals surface area contributed by atoms with E-state index in [-0.39, 0.29) is 6.04 Å². The molecule has 2 aromatic heterocycles. The molecular formula is C14H15ClN4S. The van der Waals surface area contributed by atoms with Crippen LogP contribution in [0.5, 0.6) is 0 Å². The molecule has 0 saturated heterocycles. The zero-order valence-electron chi connectivity index (χ0n) is 11.3. The standard InChI is InChI=1S/C14H15ClN4S/c1-9(19(2)8-11-5-6-16-20-11)14-17-12-4-3-10(15)7-13(12)18-14/h3-7,9H,8H2,1-2H3,(H,17,18). The number of hydrogen-bond acceptors (Lipinski definition) is 4. The van der Waals surface area contributed by atoms with Gasteiger partial charge in [-0.2, -0.15) is 0 Å². The van der Waals surface area contributed by atoms with E-state index in [0.29, 0.717) is 0 Å². The Morgan fingerprint density at radius 1 is 1.40 bits per heavy atom. The zero-order chi connectivity index (χ0) is 14.1. The Morgan fingerprint density at radius 3 is 3.00 bits per heavy atom. The minimum absolute atomic E-state index is 0.197. The number of nitrogens with one attached hydrogen (secondary N) is 1. The zero-order valence-corrected chi connectivity index (χ0v) is 12.9. The molecule has 0 fully saturated rings. The van der Waals surface area contributed by atoms with Crippen LogP contribution in [0.25, 0.3) is 11.0 Å². The van der Waals surface area contributed by atoms with Gasteiger partial charge in [0.25, 0.3) is 0 Å². The number of hydrogen-bond donors (Lipinski definition) is 1. The highest BCUT2D eigenvalue weighted by Crippen LogP contribution is 2.23. The molecule has 0 aliphatic heterocycles. The van der Waals surface area contributed by atoms with Crippen molar-refractivity contribution in [3.8, 4) is 0 Å². The first-order valence-electron chi connectivity index (χ1n) is 6.38. The van der Waals surface area contributed by atoms with Gasteiger partial charge in [-0.05, 0) is 49.8 Å². The van der Waals surface area contributed by atoms with Crippen molar-refractivity contribution in [3.05, 3.63) is 46.2 Å². The van der Waals surface area contributed by atoms with E-state index in [2.05, 4.69) is 33.2 Å². The van der Waals surface area contributed by atoms with E-state index in [1.807, 2.05) is 30.5 Å². The predicted octanol–water partition coefficient (Wildman–Crippen LogP) is 3.87. The molecule has 0 amide bonds. The Morgan fingerprint density at radius 2 is 2.25 bits per heavy atom. The van der Waals surface area contributed by atoms with E-state index in [9.17, 15) is 0 Å². The maximum atomic E-state index is 6.00. The van der Waals surface area contributed by atoms with Crippen LogP contribution in [-0.2, 0) is 6.54 Å². The number of aromatic amines is 1. The molecule has 0 radical (unpaired) electrons. The number of imidazole rings is 1. The lowest BCUT2D eigenvalue weighted by Gasteiger charge is -2.21. The van der Waals surface area contributed by atoms with Crippen LogP contribution in [0, 0.1) is 0 Å². The third-order valence-electron chi connectivity index (χ3n) is 3.42. The van der Waals surface area contributed by atoms with E-state index in [1.54, 1.807) is 0 Å². The van der Waals surface area contributed by atoms with E-state index >= 15 is 0 Å². The summed E-state index contributed by atoms with van der Waals surface area (Å²) in [5, 5.41) is 0.721. The van der Waals surface area contributed by atoms with Crippen LogP contribution in [0.15, 0.2) is 30.5 Å². The predicted molar refractivity (Wildman–Crippen MR) is 83.1 cm³/mol. The molecule has 3 aromatic rings. The second kappa shape index (κ2) is 5.52. The van der Waals surface area contributed by atoms with Gasteiger partial charge in [-0.25, -0.2) is 9.36 Å². The van der Waals surface area contributed by atoms with Gasteiger partial charge in [0.2, 0.25) is 0 Å². The van der Waals surface area contributed by atoms with Crippen molar-refractivity contribution in [3.63, 3.8) is 0 Å². The minimum atomic E-state index is 0.197. The number of aromatic nitrogens is 3. The van der Waals surface area contributed by atoms with Gasteiger partial charge in [-0.15, -0.1) is 0 Å². The quantitative estimate of drug-likeness (QED) is 0.796. The molecule has 0 aliphatic carbocycles. The van der Waals surface area contributed by atoms with Crippen LogP contribution in [0.2, 0.25) is 5.02 Å². The first-order chi connectivity index (χ1) is 9.63. The van der Waals surface area contributed by atoms with Gasteiger partial charge in [0.15, 0.2) is 0 Å². The summed E-state index contributed by atoms with van der Waals surface area (Å²) in [5.74, 6) is 0.953. The Hall–Kier alpha value is -1.43. The lowest BCUT2D eigenvalue weighted by molar-refractivity contribution is 0.247. The highest BCUT2D eigenvalue weighted by molar-refractivity contribution is 7.05. The molecule has 20 heavy (non-hydrogen) atoms. The molecule has 0 bridgehead atoms. The average molecular weight is 307 g/mol. The lowest BCUT2D eigenvalue weighted by atomic mass is 10.3. The van der Waals surface area contributed by atoms with Crippen LogP contribution in [-0.4, -0.2) is 26.3 Å². The van der Waals surface area contributed by atoms with E-state index < -0.39 is 0 Å². The SMILES string of the molecule is CC(c1nc2ccc(Cl)cc2[nH]1)N(C)Cc1ccns1. The van der Waals surface area contributed by atoms with Crippen LogP contribution >= 0.6 is 23.1 Å². The molecule has 0 aliphatic rings. The Labute approximate surface area is 126 Å². The number of nitrogens with zero attached hydrogens (tertiary/aromatic N) is 3. The molecule has 104 valence electrons. The number of halogens is 1. The lowest BCUT2D eigenvalue weighted by Crippen LogP contribution is -2.22. The molecule has 1 aromatic carbocycles. The van der Waals surface area contributed by atoms with Crippen LogP contribution < -0.4 is 0 Å². The van der Waals surface area contributed by atoms with E-state index in [4.69, 9.17) is 11.6 Å². The highest BCUT2D eigenvalue weighted by Gasteiger charge is 2.16. The van der Waals surface area contributed by atoms with Crippen LogP contribution in [0.1, 0.15) is 23.7 Å². The average Bonchev–Trinajstić information content (AvgIpc) is 3.06. The summed E-state index contributed by atoms with van der Waals surface area (Å²) in [5.41, 5.74) is 1.92. The maximum absolute atomic E-state index is 6.00. The molecular weight excluding hydrogens is 292 g/mol. The minimum Gasteiger partial charge on any atom is -0.341 e. The Bertz CT molecular complexity index is 707. The fourth-order valence-electron chi connectivity index (χ4n) is 2.11.